The second-order valence-corrected chi connectivity index (χ2v) is 6.73. The van der Waals surface area contributed by atoms with Crippen LogP contribution in [0.4, 0.5) is 4.79 Å². The van der Waals surface area contributed by atoms with Crippen LogP contribution in [-0.2, 0) is 20.9 Å². The Hall–Kier alpha value is -1.72. The highest BCUT2D eigenvalue weighted by atomic mass is 16.6. The van der Waals surface area contributed by atoms with Gasteiger partial charge in [0, 0.05) is 6.42 Å². The Morgan fingerprint density at radius 3 is 2.59 bits per heavy atom. The molecule has 0 spiro atoms. The first-order valence-electron chi connectivity index (χ1n) is 7.57. The summed E-state index contributed by atoms with van der Waals surface area (Å²) in [5.74, 6) is 0. The summed E-state index contributed by atoms with van der Waals surface area (Å²) in [5, 5.41) is 0. The summed E-state index contributed by atoms with van der Waals surface area (Å²) in [5.41, 5.74) is 0.477. The number of amides is 2. The maximum atomic E-state index is 12.3. The molecule has 1 fully saturated rings. The van der Waals surface area contributed by atoms with Crippen molar-refractivity contribution in [3.63, 3.8) is 0 Å². The summed E-state index contributed by atoms with van der Waals surface area (Å²) in [6.45, 7) is 6.64. The first kappa shape index (κ1) is 16.6. The van der Waals surface area contributed by atoms with E-state index in [0.29, 0.717) is 32.5 Å². The quantitative estimate of drug-likeness (QED) is 0.634. The zero-order chi connectivity index (χ0) is 16.2. The molecule has 1 aliphatic rings. The molecule has 1 unspecified atom stereocenters. The number of imide groups is 1. The van der Waals surface area contributed by atoms with Crippen LogP contribution >= 0.6 is 0 Å². The van der Waals surface area contributed by atoms with E-state index in [4.69, 9.17) is 9.47 Å². The molecule has 0 radical (unpaired) electrons. The minimum absolute atomic E-state index is 0.113. The lowest BCUT2D eigenvalue weighted by molar-refractivity contribution is -0.761. The standard InChI is InChI=1S/C17H24NO4/c1-17(2,3)22-16(20)18(13-19)10-9-15(11-18)21-12-14-7-5-4-6-8-14/h4-8,13,15H,9-12H2,1-3H3/q+1/t15-,18?/m1/s1. The molecule has 0 N–H and O–H groups in total. The van der Waals surface area contributed by atoms with Crippen LogP contribution in [-0.4, -0.2) is 41.8 Å². The minimum atomic E-state index is -0.603. The predicted octanol–water partition coefficient (Wildman–Crippen LogP) is 2.88. The number of ether oxygens (including phenoxy) is 2. The third-order valence-electron chi connectivity index (χ3n) is 3.67. The van der Waals surface area contributed by atoms with Gasteiger partial charge in [0.15, 0.2) is 0 Å². The fourth-order valence-corrected chi connectivity index (χ4v) is 2.50. The van der Waals surface area contributed by atoms with Crippen molar-refractivity contribution in [2.24, 2.45) is 0 Å². The van der Waals surface area contributed by atoms with Crippen molar-refractivity contribution in [3.8, 4) is 0 Å². The molecule has 1 heterocycles. The van der Waals surface area contributed by atoms with E-state index in [9.17, 15) is 9.59 Å². The fraction of sp³-hybridized carbons (Fsp3) is 0.529. The lowest BCUT2D eigenvalue weighted by atomic mass is 10.2. The van der Waals surface area contributed by atoms with Crippen LogP contribution < -0.4 is 0 Å². The topological polar surface area (TPSA) is 52.6 Å². The van der Waals surface area contributed by atoms with Gasteiger partial charge in [-0.15, -0.1) is 0 Å². The van der Waals surface area contributed by atoms with Crippen molar-refractivity contribution in [1.29, 1.82) is 0 Å². The molecule has 1 aliphatic heterocycles. The molecule has 0 bridgehead atoms. The molecule has 2 atom stereocenters. The summed E-state index contributed by atoms with van der Waals surface area (Å²) >= 11 is 0. The van der Waals surface area contributed by atoms with Crippen molar-refractivity contribution >= 4 is 12.5 Å². The van der Waals surface area contributed by atoms with Gasteiger partial charge >= 0.3 is 12.5 Å². The molecule has 0 saturated carbocycles. The van der Waals surface area contributed by atoms with Gasteiger partial charge in [-0.3, -0.25) is 0 Å². The van der Waals surface area contributed by atoms with Crippen molar-refractivity contribution in [3.05, 3.63) is 35.9 Å². The number of nitrogens with zero attached hydrogens (tertiary/aromatic N) is 1. The average molecular weight is 306 g/mol. The fourth-order valence-electron chi connectivity index (χ4n) is 2.50. The Morgan fingerprint density at radius 1 is 1.32 bits per heavy atom. The number of hydrogen-bond acceptors (Lipinski definition) is 4. The van der Waals surface area contributed by atoms with E-state index in [1.54, 1.807) is 20.8 Å². The van der Waals surface area contributed by atoms with Crippen molar-refractivity contribution in [1.82, 2.24) is 0 Å². The molecular formula is C17H24NO4+. The summed E-state index contributed by atoms with van der Waals surface area (Å²) in [7, 11) is 0. The van der Waals surface area contributed by atoms with Gasteiger partial charge in [-0.2, -0.15) is 9.28 Å². The molecule has 1 aromatic carbocycles. The van der Waals surface area contributed by atoms with Gasteiger partial charge in [0.1, 0.15) is 18.2 Å². The summed E-state index contributed by atoms with van der Waals surface area (Å²) in [6.07, 6.45) is 0.747. The molecular weight excluding hydrogens is 282 g/mol. The van der Waals surface area contributed by atoms with Gasteiger partial charge in [-0.1, -0.05) is 30.3 Å². The molecule has 2 amide bonds. The molecule has 120 valence electrons. The van der Waals surface area contributed by atoms with Gasteiger partial charge in [0.2, 0.25) is 0 Å². The van der Waals surface area contributed by atoms with Crippen LogP contribution in [0.1, 0.15) is 32.8 Å². The van der Waals surface area contributed by atoms with E-state index >= 15 is 0 Å². The maximum Gasteiger partial charge on any atom is 0.523 e. The Bertz CT molecular complexity index is 523. The Morgan fingerprint density at radius 2 is 2.00 bits per heavy atom. The van der Waals surface area contributed by atoms with E-state index < -0.39 is 11.7 Å². The zero-order valence-electron chi connectivity index (χ0n) is 13.5. The maximum absolute atomic E-state index is 12.3. The lowest BCUT2D eigenvalue weighted by Gasteiger charge is -2.27. The van der Waals surface area contributed by atoms with Gasteiger partial charge < -0.3 is 9.47 Å². The summed E-state index contributed by atoms with van der Waals surface area (Å²) in [6, 6.07) is 9.85. The molecule has 1 saturated heterocycles. The normalized spacial score (nSPS) is 25.0. The number of likely N-dealkylation sites (tertiary alicyclic amines) is 1. The van der Waals surface area contributed by atoms with Gasteiger partial charge in [0.05, 0.1) is 13.2 Å². The number of hydrogen-bond donors (Lipinski definition) is 0. The first-order chi connectivity index (χ1) is 10.3. The highest BCUT2D eigenvalue weighted by molar-refractivity contribution is 5.69. The van der Waals surface area contributed by atoms with Crippen LogP contribution in [0.2, 0.25) is 0 Å². The van der Waals surface area contributed by atoms with Gasteiger partial charge in [-0.05, 0) is 26.3 Å². The highest BCUT2D eigenvalue weighted by Crippen LogP contribution is 2.24. The number of benzene rings is 1. The van der Waals surface area contributed by atoms with Crippen molar-refractivity contribution in [2.45, 2.75) is 45.5 Å². The molecule has 22 heavy (non-hydrogen) atoms. The molecule has 5 heteroatoms. The Labute approximate surface area is 131 Å². The first-order valence-corrected chi connectivity index (χ1v) is 7.57. The van der Waals surface area contributed by atoms with E-state index in [1.165, 1.54) is 0 Å². The number of quaternary nitrogens is 1. The smallest absolute Gasteiger partial charge is 0.414 e. The second-order valence-electron chi connectivity index (χ2n) is 6.73. The molecule has 2 rings (SSSR count). The lowest BCUT2D eigenvalue weighted by Crippen LogP contribution is -2.52. The zero-order valence-corrected chi connectivity index (χ0v) is 13.5. The average Bonchev–Trinajstić information content (AvgIpc) is 2.89. The van der Waals surface area contributed by atoms with Crippen LogP contribution in [0, 0.1) is 0 Å². The largest absolute Gasteiger partial charge is 0.523 e. The van der Waals surface area contributed by atoms with Crippen LogP contribution in [0.15, 0.2) is 30.3 Å². The van der Waals surface area contributed by atoms with Gasteiger partial charge in [-0.25, -0.2) is 4.79 Å². The molecule has 0 aromatic heterocycles. The minimum Gasteiger partial charge on any atom is -0.414 e. The number of carbonyl (C=O) groups is 2. The van der Waals surface area contributed by atoms with Crippen molar-refractivity contribution < 1.29 is 23.5 Å². The van der Waals surface area contributed by atoms with Crippen LogP contribution in [0.5, 0.6) is 0 Å². The van der Waals surface area contributed by atoms with E-state index in [0.717, 1.165) is 5.56 Å². The van der Waals surface area contributed by atoms with Crippen LogP contribution in [0.3, 0.4) is 0 Å². The molecule has 0 aliphatic carbocycles. The van der Waals surface area contributed by atoms with Gasteiger partial charge in [0.25, 0.3) is 0 Å². The predicted molar refractivity (Wildman–Crippen MR) is 81.9 cm³/mol. The van der Waals surface area contributed by atoms with E-state index in [-0.39, 0.29) is 10.6 Å². The monoisotopic (exact) mass is 306 g/mol. The third-order valence-corrected chi connectivity index (χ3v) is 3.67. The van der Waals surface area contributed by atoms with Crippen LogP contribution in [0.25, 0.3) is 0 Å². The number of carbonyl (C=O) groups excluding carboxylic acids is 2. The molecule has 1 aromatic rings. The second kappa shape index (κ2) is 6.58. The number of rotatable bonds is 4. The van der Waals surface area contributed by atoms with E-state index in [2.05, 4.69) is 0 Å². The van der Waals surface area contributed by atoms with Crippen molar-refractivity contribution in [2.75, 3.05) is 13.1 Å². The highest BCUT2D eigenvalue weighted by Gasteiger charge is 2.48. The Kier molecular flexibility index (Phi) is 4.98. The summed E-state index contributed by atoms with van der Waals surface area (Å²) in [4.78, 5) is 23.8. The molecule has 5 nitrogen and oxygen atoms in total. The third kappa shape index (κ3) is 4.15. The summed E-state index contributed by atoms with van der Waals surface area (Å²) < 4.78 is 10.9. The SMILES string of the molecule is CC(C)(C)OC(=O)[N+]1(C=O)CC[C@@H](OCc2ccccc2)C1. The Balaban J connectivity index is 1.94. The van der Waals surface area contributed by atoms with E-state index in [1.807, 2.05) is 30.3 Å².